The maximum atomic E-state index is 13.5. The molecule has 2 aromatic rings. The summed E-state index contributed by atoms with van der Waals surface area (Å²) in [5.41, 5.74) is 0.720. The van der Waals surface area contributed by atoms with Crippen molar-refractivity contribution in [2.75, 3.05) is 38.3 Å². The lowest BCUT2D eigenvalue weighted by atomic mass is 10.2. The number of pyridine rings is 1. The van der Waals surface area contributed by atoms with E-state index in [2.05, 4.69) is 4.90 Å². The number of fused-ring (bicyclic) bond motifs is 1. The number of rotatable bonds is 6. The van der Waals surface area contributed by atoms with E-state index < -0.39 is 0 Å². The minimum Gasteiger partial charge on any atom is -0.385 e. The molecule has 0 N–H and O–H groups in total. The van der Waals surface area contributed by atoms with Gasteiger partial charge in [-0.2, -0.15) is 0 Å². The Kier molecular flexibility index (Phi) is 6.94. The molecule has 170 valence electrons. The third kappa shape index (κ3) is 4.59. The molecule has 0 saturated carbocycles. The Hall–Kier alpha value is -2.27. The van der Waals surface area contributed by atoms with Crippen molar-refractivity contribution in [1.29, 1.82) is 0 Å². The van der Waals surface area contributed by atoms with Gasteiger partial charge < -0.3 is 14.4 Å². The van der Waals surface area contributed by atoms with Crippen molar-refractivity contribution >= 4 is 51.7 Å². The van der Waals surface area contributed by atoms with Gasteiger partial charge in [-0.1, -0.05) is 30.0 Å². The third-order valence-corrected chi connectivity index (χ3v) is 6.73. The van der Waals surface area contributed by atoms with Crippen LogP contribution in [0.25, 0.3) is 11.7 Å². The first-order valence-electron chi connectivity index (χ1n) is 10.5. The Balaban J connectivity index is 1.77. The smallest absolute Gasteiger partial charge is 0.267 e. The van der Waals surface area contributed by atoms with Crippen LogP contribution in [0, 0.1) is 0 Å². The second kappa shape index (κ2) is 9.70. The normalized spacial score (nSPS) is 23.0. The summed E-state index contributed by atoms with van der Waals surface area (Å²) in [4.78, 5) is 35.3. The molecule has 0 bridgehead atoms. The number of anilines is 1. The molecule has 2 saturated heterocycles. The van der Waals surface area contributed by atoms with Crippen LogP contribution in [0.15, 0.2) is 34.1 Å². The molecular weight excluding hydrogens is 448 g/mol. The number of hydrogen-bond acceptors (Lipinski definition) is 8. The number of hydrogen-bond donors (Lipinski definition) is 0. The Morgan fingerprint density at radius 1 is 1.28 bits per heavy atom. The van der Waals surface area contributed by atoms with Crippen LogP contribution in [0.2, 0.25) is 0 Å². The largest absolute Gasteiger partial charge is 0.385 e. The molecule has 4 rings (SSSR count). The maximum absolute atomic E-state index is 13.5. The summed E-state index contributed by atoms with van der Waals surface area (Å²) < 4.78 is 12.9. The lowest BCUT2D eigenvalue weighted by Gasteiger charge is -2.36. The number of ether oxygens (including phenoxy) is 2. The molecule has 8 nitrogen and oxygen atoms in total. The molecule has 4 heterocycles. The Labute approximate surface area is 196 Å². The van der Waals surface area contributed by atoms with Crippen LogP contribution in [0.1, 0.15) is 25.8 Å². The molecule has 0 radical (unpaired) electrons. The molecule has 32 heavy (non-hydrogen) atoms. The van der Waals surface area contributed by atoms with Crippen LogP contribution in [0.3, 0.4) is 0 Å². The molecular formula is C22H26N4O4S2. The van der Waals surface area contributed by atoms with Gasteiger partial charge >= 0.3 is 0 Å². The SMILES string of the molecule is COCCCN1C(=O)/C(=C/c2c(N3C[C@@H](C)O[C@H](C)C3)nc3ccccn3c2=O)SC1=S. The molecule has 2 aromatic heterocycles. The van der Waals surface area contributed by atoms with Gasteiger partial charge in [-0.05, 0) is 38.5 Å². The molecule has 2 aliphatic heterocycles. The van der Waals surface area contributed by atoms with E-state index in [1.165, 1.54) is 16.2 Å². The number of aromatic nitrogens is 2. The highest BCUT2D eigenvalue weighted by molar-refractivity contribution is 8.26. The lowest BCUT2D eigenvalue weighted by molar-refractivity contribution is -0.122. The van der Waals surface area contributed by atoms with Crippen molar-refractivity contribution in [3.05, 3.63) is 45.2 Å². The van der Waals surface area contributed by atoms with Crippen molar-refractivity contribution in [1.82, 2.24) is 14.3 Å². The van der Waals surface area contributed by atoms with Gasteiger partial charge in [0.25, 0.3) is 11.5 Å². The highest BCUT2D eigenvalue weighted by Crippen LogP contribution is 2.34. The topological polar surface area (TPSA) is 76.4 Å². The van der Waals surface area contributed by atoms with Gasteiger partial charge in [0, 0.05) is 39.5 Å². The average Bonchev–Trinajstić information content (AvgIpc) is 3.02. The number of methoxy groups -OCH3 is 1. The van der Waals surface area contributed by atoms with Crippen molar-refractivity contribution in [2.24, 2.45) is 0 Å². The molecule has 2 fully saturated rings. The van der Waals surface area contributed by atoms with Crippen molar-refractivity contribution in [2.45, 2.75) is 32.5 Å². The van der Waals surface area contributed by atoms with Crippen LogP contribution in [0.5, 0.6) is 0 Å². The molecule has 0 spiro atoms. The highest BCUT2D eigenvalue weighted by Gasteiger charge is 2.33. The van der Waals surface area contributed by atoms with E-state index in [-0.39, 0.29) is 23.7 Å². The van der Waals surface area contributed by atoms with Gasteiger partial charge in [0.1, 0.15) is 15.8 Å². The standard InChI is InChI=1S/C22H26N4O4S2/c1-14-12-24(13-15(2)30-14)19-16(20(27)25-8-5-4-7-18(25)23-19)11-17-21(28)26(22(31)32-17)9-6-10-29-3/h4-5,7-8,11,14-15H,6,9-10,12-13H2,1-3H3/b17-11-/t14-,15-/m1/s1. The van der Waals surface area contributed by atoms with Crippen LogP contribution in [-0.4, -0.2) is 70.1 Å². The van der Waals surface area contributed by atoms with E-state index in [9.17, 15) is 9.59 Å². The Bertz CT molecular complexity index is 1120. The summed E-state index contributed by atoms with van der Waals surface area (Å²) in [5.74, 6) is 0.371. The quantitative estimate of drug-likeness (QED) is 0.359. The summed E-state index contributed by atoms with van der Waals surface area (Å²) in [6.07, 6.45) is 4.02. The van der Waals surface area contributed by atoms with E-state index in [1.54, 1.807) is 36.4 Å². The fourth-order valence-electron chi connectivity index (χ4n) is 4.00. The predicted molar refractivity (Wildman–Crippen MR) is 130 cm³/mol. The fraction of sp³-hybridized carbons (Fsp3) is 0.455. The van der Waals surface area contributed by atoms with E-state index in [1.807, 2.05) is 19.9 Å². The number of nitrogens with zero attached hydrogens (tertiary/aromatic N) is 4. The average molecular weight is 475 g/mol. The number of thioether (sulfide) groups is 1. The first kappa shape index (κ1) is 22.9. The van der Waals surface area contributed by atoms with Crippen molar-refractivity contribution in [3.63, 3.8) is 0 Å². The number of thiocarbonyl (C=S) groups is 1. The molecule has 10 heteroatoms. The third-order valence-electron chi connectivity index (χ3n) is 5.35. The fourth-order valence-corrected chi connectivity index (χ4v) is 5.29. The second-order valence-electron chi connectivity index (χ2n) is 7.93. The number of carbonyl (C=O) groups excluding carboxylic acids is 1. The number of carbonyl (C=O) groups is 1. The Morgan fingerprint density at radius 3 is 2.75 bits per heavy atom. The molecule has 0 aromatic carbocycles. The van der Waals surface area contributed by atoms with Gasteiger partial charge in [0.2, 0.25) is 0 Å². The Morgan fingerprint density at radius 2 is 2.03 bits per heavy atom. The van der Waals surface area contributed by atoms with E-state index in [4.69, 9.17) is 26.7 Å². The molecule has 0 aliphatic carbocycles. The summed E-state index contributed by atoms with van der Waals surface area (Å²) in [6.45, 7) is 6.25. The first-order valence-corrected chi connectivity index (χ1v) is 11.8. The number of amides is 1. The molecule has 2 aliphatic rings. The van der Waals surface area contributed by atoms with Gasteiger partial charge in [0.15, 0.2) is 0 Å². The van der Waals surface area contributed by atoms with Crippen molar-refractivity contribution in [3.8, 4) is 0 Å². The number of morpholine rings is 1. The van der Waals surface area contributed by atoms with Crippen LogP contribution in [0.4, 0.5) is 5.82 Å². The minimum absolute atomic E-state index is 0.00150. The summed E-state index contributed by atoms with van der Waals surface area (Å²) in [7, 11) is 1.62. The molecule has 1 amide bonds. The van der Waals surface area contributed by atoms with Gasteiger partial charge in [-0.25, -0.2) is 4.98 Å². The van der Waals surface area contributed by atoms with E-state index in [0.29, 0.717) is 58.9 Å². The lowest BCUT2D eigenvalue weighted by Crippen LogP contribution is -2.46. The van der Waals surface area contributed by atoms with E-state index >= 15 is 0 Å². The predicted octanol–water partition coefficient (Wildman–Crippen LogP) is 2.55. The molecule has 0 unspecified atom stereocenters. The summed E-state index contributed by atoms with van der Waals surface area (Å²) in [6, 6.07) is 5.44. The van der Waals surface area contributed by atoms with E-state index in [0.717, 1.165) is 0 Å². The van der Waals surface area contributed by atoms with Gasteiger partial charge in [-0.15, -0.1) is 0 Å². The van der Waals surface area contributed by atoms with Gasteiger partial charge in [-0.3, -0.25) is 18.9 Å². The minimum atomic E-state index is -0.220. The van der Waals surface area contributed by atoms with Crippen LogP contribution < -0.4 is 10.5 Å². The second-order valence-corrected chi connectivity index (χ2v) is 9.60. The highest BCUT2D eigenvalue weighted by atomic mass is 32.2. The van der Waals surface area contributed by atoms with Crippen LogP contribution in [-0.2, 0) is 14.3 Å². The zero-order valence-electron chi connectivity index (χ0n) is 18.3. The molecule has 2 atom stereocenters. The zero-order chi connectivity index (χ0) is 22.8. The summed E-state index contributed by atoms with van der Waals surface area (Å²) in [5, 5.41) is 0. The zero-order valence-corrected chi connectivity index (χ0v) is 19.9. The van der Waals surface area contributed by atoms with Crippen LogP contribution >= 0.6 is 24.0 Å². The monoisotopic (exact) mass is 474 g/mol. The van der Waals surface area contributed by atoms with Gasteiger partial charge in [0.05, 0.1) is 22.7 Å². The summed E-state index contributed by atoms with van der Waals surface area (Å²) >= 11 is 6.63. The first-order chi connectivity index (χ1) is 15.4. The van der Waals surface area contributed by atoms with Crippen molar-refractivity contribution < 1.29 is 14.3 Å². The maximum Gasteiger partial charge on any atom is 0.267 e.